The van der Waals surface area contributed by atoms with Crippen LogP contribution in [-0.2, 0) is 20.9 Å². The standard InChI is InChI=1S/C19H20N4O7S/c24-13(6-12(17(28)29)7-15(25)26)9-20-16(27)14-10-31-19(22-14)23-18(30)21-8-11-4-2-1-3-5-11/h1-5,10,12H,6-9H2,(H,20,27)(H,25,26)(H,28,29)(H2,21,22,23,30)/t12-/m0/s1. The van der Waals surface area contributed by atoms with Gasteiger partial charge in [0.25, 0.3) is 5.91 Å². The van der Waals surface area contributed by atoms with Gasteiger partial charge in [-0.15, -0.1) is 11.3 Å². The molecule has 0 saturated heterocycles. The first-order chi connectivity index (χ1) is 14.7. The Morgan fingerprint density at radius 2 is 1.71 bits per heavy atom. The number of carbonyl (C=O) groups excluding carboxylic acids is 3. The van der Waals surface area contributed by atoms with Crippen molar-refractivity contribution >= 4 is 46.1 Å². The summed E-state index contributed by atoms with van der Waals surface area (Å²) < 4.78 is 0. The minimum absolute atomic E-state index is 0.0310. The van der Waals surface area contributed by atoms with Gasteiger partial charge in [0.1, 0.15) is 5.69 Å². The molecule has 1 aromatic heterocycles. The van der Waals surface area contributed by atoms with E-state index in [2.05, 4.69) is 20.9 Å². The smallest absolute Gasteiger partial charge is 0.321 e. The predicted molar refractivity (Wildman–Crippen MR) is 110 cm³/mol. The molecule has 1 atom stereocenters. The Kier molecular flexibility index (Phi) is 8.64. The second-order valence-corrected chi connectivity index (χ2v) is 7.25. The molecule has 0 aliphatic rings. The first kappa shape index (κ1) is 23.5. The van der Waals surface area contributed by atoms with Crippen LogP contribution in [0.4, 0.5) is 9.93 Å². The normalized spacial score (nSPS) is 11.2. The lowest BCUT2D eigenvalue weighted by molar-refractivity contribution is -0.149. The van der Waals surface area contributed by atoms with E-state index in [1.165, 1.54) is 5.38 Å². The zero-order valence-corrected chi connectivity index (χ0v) is 17.0. The van der Waals surface area contributed by atoms with Crippen LogP contribution in [0.2, 0.25) is 0 Å². The van der Waals surface area contributed by atoms with Gasteiger partial charge in [0.05, 0.1) is 18.9 Å². The highest BCUT2D eigenvalue weighted by molar-refractivity contribution is 7.14. The number of hydrogen-bond acceptors (Lipinski definition) is 7. The van der Waals surface area contributed by atoms with Crippen LogP contribution in [0.5, 0.6) is 0 Å². The molecule has 164 valence electrons. The number of ketones is 1. The predicted octanol–water partition coefficient (Wildman–Crippen LogP) is 1.33. The number of carbonyl (C=O) groups is 5. The van der Waals surface area contributed by atoms with E-state index in [4.69, 9.17) is 10.2 Å². The molecule has 0 aliphatic heterocycles. The molecule has 11 nitrogen and oxygen atoms in total. The Morgan fingerprint density at radius 1 is 1.00 bits per heavy atom. The van der Waals surface area contributed by atoms with E-state index in [1.54, 1.807) is 0 Å². The van der Waals surface area contributed by atoms with Crippen LogP contribution in [0, 0.1) is 5.92 Å². The Hall–Kier alpha value is -3.80. The summed E-state index contributed by atoms with van der Waals surface area (Å²) in [5.41, 5.74) is 0.881. The van der Waals surface area contributed by atoms with E-state index in [-0.39, 0.29) is 10.8 Å². The largest absolute Gasteiger partial charge is 0.481 e. The van der Waals surface area contributed by atoms with Gasteiger partial charge in [-0.2, -0.15) is 0 Å². The quantitative estimate of drug-likeness (QED) is 0.342. The molecular formula is C19H20N4O7S. The van der Waals surface area contributed by atoms with Crippen molar-refractivity contribution in [2.75, 3.05) is 11.9 Å². The van der Waals surface area contributed by atoms with Crippen molar-refractivity contribution in [2.24, 2.45) is 5.92 Å². The molecule has 5 N–H and O–H groups in total. The van der Waals surface area contributed by atoms with Crippen LogP contribution in [0.1, 0.15) is 28.9 Å². The Morgan fingerprint density at radius 3 is 2.35 bits per heavy atom. The van der Waals surface area contributed by atoms with Gasteiger partial charge in [0.15, 0.2) is 10.9 Å². The number of aliphatic carboxylic acids is 2. The summed E-state index contributed by atoms with van der Waals surface area (Å²) in [5, 5.41) is 26.6. The lowest BCUT2D eigenvalue weighted by atomic mass is 9.99. The molecule has 0 saturated carbocycles. The number of nitrogens with zero attached hydrogens (tertiary/aromatic N) is 1. The average Bonchev–Trinajstić information content (AvgIpc) is 3.19. The van der Waals surface area contributed by atoms with E-state index in [1.807, 2.05) is 30.3 Å². The molecule has 0 spiro atoms. The number of nitrogens with one attached hydrogen (secondary N) is 3. The van der Waals surface area contributed by atoms with Gasteiger partial charge < -0.3 is 20.8 Å². The summed E-state index contributed by atoms with van der Waals surface area (Å²) in [4.78, 5) is 61.5. The minimum atomic E-state index is -1.40. The Labute approximate surface area is 180 Å². The van der Waals surface area contributed by atoms with Crippen LogP contribution in [0.25, 0.3) is 0 Å². The number of Topliss-reactive ketones (excluding diaryl/α,β-unsaturated/α-hetero) is 1. The SMILES string of the molecule is O=C(O)C[C@H](CC(=O)CNC(=O)c1csc(NC(=O)NCc2ccccc2)n1)C(=O)O. The fourth-order valence-corrected chi connectivity index (χ4v) is 3.11. The number of hydrogen-bond donors (Lipinski definition) is 5. The monoisotopic (exact) mass is 448 g/mol. The number of aromatic nitrogens is 1. The molecule has 0 unspecified atom stereocenters. The van der Waals surface area contributed by atoms with Crippen molar-refractivity contribution in [3.8, 4) is 0 Å². The van der Waals surface area contributed by atoms with Crippen molar-refractivity contribution in [3.05, 3.63) is 47.0 Å². The molecule has 2 aromatic rings. The Balaban J connectivity index is 1.79. The van der Waals surface area contributed by atoms with Crippen molar-refractivity contribution < 1.29 is 34.2 Å². The number of carboxylic acids is 2. The number of urea groups is 1. The molecule has 0 bridgehead atoms. The van der Waals surface area contributed by atoms with Crippen molar-refractivity contribution in [3.63, 3.8) is 0 Å². The molecular weight excluding hydrogens is 428 g/mol. The Bertz CT molecular complexity index is 961. The van der Waals surface area contributed by atoms with E-state index < -0.39 is 55.0 Å². The first-order valence-electron chi connectivity index (χ1n) is 9.03. The van der Waals surface area contributed by atoms with Gasteiger partial charge in [-0.1, -0.05) is 30.3 Å². The number of amides is 3. The van der Waals surface area contributed by atoms with Crippen LogP contribution >= 0.6 is 11.3 Å². The molecule has 12 heteroatoms. The third-order valence-corrected chi connectivity index (χ3v) is 4.70. The van der Waals surface area contributed by atoms with Crippen molar-refractivity contribution in [1.29, 1.82) is 0 Å². The highest BCUT2D eigenvalue weighted by atomic mass is 32.1. The molecule has 3 amide bonds. The minimum Gasteiger partial charge on any atom is -0.481 e. The number of thiazole rings is 1. The maximum absolute atomic E-state index is 12.1. The zero-order valence-electron chi connectivity index (χ0n) is 16.2. The average molecular weight is 448 g/mol. The van der Waals surface area contributed by atoms with E-state index >= 15 is 0 Å². The van der Waals surface area contributed by atoms with Gasteiger partial charge in [-0.25, -0.2) is 9.78 Å². The number of benzene rings is 1. The van der Waals surface area contributed by atoms with E-state index in [9.17, 15) is 24.0 Å². The molecule has 0 radical (unpaired) electrons. The summed E-state index contributed by atoms with van der Waals surface area (Å²) in [6, 6.07) is 8.76. The maximum atomic E-state index is 12.1. The summed E-state index contributed by atoms with van der Waals surface area (Å²) in [5.74, 6) is -5.42. The third kappa shape index (κ3) is 8.22. The van der Waals surface area contributed by atoms with Crippen LogP contribution in [0.15, 0.2) is 35.7 Å². The maximum Gasteiger partial charge on any atom is 0.321 e. The highest BCUT2D eigenvalue weighted by Crippen LogP contribution is 2.15. The van der Waals surface area contributed by atoms with E-state index in [0.29, 0.717) is 6.54 Å². The molecule has 0 fully saturated rings. The van der Waals surface area contributed by atoms with Gasteiger partial charge in [-0.05, 0) is 5.56 Å². The molecule has 0 aliphatic carbocycles. The van der Waals surface area contributed by atoms with Crippen molar-refractivity contribution in [1.82, 2.24) is 15.6 Å². The molecule has 2 rings (SSSR count). The summed E-state index contributed by atoms with van der Waals surface area (Å²) >= 11 is 1.01. The lowest BCUT2D eigenvalue weighted by Gasteiger charge is -2.09. The topological polar surface area (TPSA) is 175 Å². The number of rotatable bonds is 11. The molecule has 1 aromatic carbocycles. The van der Waals surface area contributed by atoms with Gasteiger partial charge >= 0.3 is 18.0 Å². The lowest BCUT2D eigenvalue weighted by Crippen LogP contribution is -2.32. The summed E-state index contributed by atoms with van der Waals surface area (Å²) in [7, 11) is 0. The van der Waals surface area contributed by atoms with Crippen LogP contribution in [-0.4, -0.2) is 51.4 Å². The number of anilines is 1. The number of carboxylic acid groups (broad SMARTS) is 2. The van der Waals surface area contributed by atoms with E-state index in [0.717, 1.165) is 16.9 Å². The summed E-state index contributed by atoms with van der Waals surface area (Å²) in [6.07, 6.45) is -1.21. The highest BCUT2D eigenvalue weighted by Gasteiger charge is 2.24. The fraction of sp³-hybridized carbons (Fsp3) is 0.263. The zero-order chi connectivity index (χ0) is 22.8. The summed E-state index contributed by atoms with van der Waals surface area (Å²) in [6.45, 7) is -0.160. The van der Waals surface area contributed by atoms with Crippen LogP contribution in [0.3, 0.4) is 0 Å². The fourth-order valence-electron chi connectivity index (χ4n) is 2.43. The second kappa shape index (κ2) is 11.4. The van der Waals surface area contributed by atoms with Gasteiger partial charge in [-0.3, -0.25) is 24.5 Å². The second-order valence-electron chi connectivity index (χ2n) is 6.39. The molecule has 1 heterocycles. The third-order valence-electron chi connectivity index (χ3n) is 3.94. The molecule has 31 heavy (non-hydrogen) atoms. The van der Waals surface area contributed by atoms with Gasteiger partial charge in [0.2, 0.25) is 0 Å². The van der Waals surface area contributed by atoms with Crippen LogP contribution < -0.4 is 16.0 Å². The van der Waals surface area contributed by atoms with Crippen molar-refractivity contribution in [2.45, 2.75) is 19.4 Å². The first-order valence-corrected chi connectivity index (χ1v) is 9.91. The van der Waals surface area contributed by atoms with Gasteiger partial charge in [0, 0.05) is 18.3 Å².